The lowest BCUT2D eigenvalue weighted by atomic mass is 10.3. The third-order valence-corrected chi connectivity index (χ3v) is 4.96. The Bertz CT molecular complexity index is 268. The van der Waals surface area contributed by atoms with E-state index in [9.17, 15) is 12.6 Å². The van der Waals surface area contributed by atoms with Gasteiger partial charge in [-0.1, -0.05) is 0 Å². The van der Waals surface area contributed by atoms with Crippen LogP contribution in [-0.4, -0.2) is 46.8 Å². The van der Waals surface area contributed by atoms with E-state index in [0.29, 0.717) is 0 Å². The average Bonchev–Trinajstić information content (AvgIpc) is 2.05. The van der Waals surface area contributed by atoms with Gasteiger partial charge in [0.15, 0.2) is 9.84 Å². The van der Waals surface area contributed by atoms with Gasteiger partial charge in [0.1, 0.15) is 0 Å². The van der Waals surface area contributed by atoms with Crippen molar-refractivity contribution in [3.8, 4) is 0 Å². The number of aliphatic hydroxyl groups is 1. The van der Waals surface area contributed by atoms with E-state index in [1.54, 1.807) is 0 Å². The molecule has 1 N–H and O–H groups in total. The van der Waals surface area contributed by atoms with Crippen LogP contribution in [0, 0.1) is 0 Å². The largest absolute Gasteiger partial charge is 0.391 e. The van der Waals surface area contributed by atoms with Crippen LogP contribution in [0.2, 0.25) is 0 Å². The molecule has 4 nitrogen and oxygen atoms in total. The summed E-state index contributed by atoms with van der Waals surface area (Å²) in [6.45, 7) is 0. The van der Waals surface area contributed by atoms with Crippen molar-refractivity contribution in [1.29, 1.82) is 0 Å². The van der Waals surface area contributed by atoms with Gasteiger partial charge in [0, 0.05) is 17.1 Å². The Labute approximate surface area is 68.0 Å². The van der Waals surface area contributed by atoms with E-state index >= 15 is 0 Å². The summed E-state index contributed by atoms with van der Waals surface area (Å²) in [4.78, 5) is 0. The second kappa shape index (κ2) is 2.84. The Morgan fingerprint density at radius 2 is 2.00 bits per heavy atom. The normalized spacial score (nSPS) is 38.7. The number of rotatable bonds is 1. The molecule has 0 unspecified atom stereocenters. The molecule has 0 spiro atoms. The van der Waals surface area contributed by atoms with Gasteiger partial charge in [-0.3, -0.25) is 4.21 Å². The van der Waals surface area contributed by atoms with Crippen molar-refractivity contribution in [3.63, 3.8) is 0 Å². The minimum absolute atomic E-state index is 0.142. The first kappa shape index (κ1) is 9.15. The van der Waals surface area contributed by atoms with Crippen molar-refractivity contribution < 1.29 is 17.7 Å². The van der Waals surface area contributed by atoms with Crippen LogP contribution >= 0.6 is 0 Å². The molecule has 1 saturated heterocycles. The van der Waals surface area contributed by atoms with Crippen LogP contribution in [0.5, 0.6) is 0 Å². The molecule has 1 aliphatic rings. The fourth-order valence-corrected chi connectivity index (χ4v) is 4.77. The third kappa shape index (κ3) is 2.00. The molecule has 0 aromatic rings. The highest BCUT2D eigenvalue weighted by molar-refractivity contribution is 7.94. The zero-order chi connectivity index (χ0) is 8.65. The fourth-order valence-electron chi connectivity index (χ4n) is 1.11. The SMILES string of the molecule is C[S@](=O)[C@H]1CS(=O)(=O)C[C@H]1O. The van der Waals surface area contributed by atoms with Gasteiger partial charge in [0.05, 0.1) is 22.9 Å². The quantitative estimate of drug-likeness (QED) is 0.558. The van der Waals surface area contributed by atoms with Crippen LogP contribution < -0.4 is 0 Å². The first-order valence-electron chi connectivity index (χ1n) is 3.13. The zero-order valence-corrected chi connectivity index (χ0v) is 7.69. The minimum atomic E-state index is -3.13. The molecule has 1 fully saturated rings. The van der Waals surface area contributed by atoms with Crippen LogP contribution in [0.25, 0.3) is 0 Å². The summed E-state index contributed by atoms with van der Waals surface area (Å²) in [5, 5.41) is 8.54. The highest BCUT2D eigenvalue weighted by Gasteiger charge is 2.38. The molecule has 11 heavy (non-hydrogen) atoms. The van der Waals surface area contributed by atoms with Gasteiger partial charge in [-0.05, 0) is 0 Å². The van der Waals surface area contributed by atoms with Gasteiger partial charge in [-0.25, -0.2) is 8.42 Å². The van der Waals surface area contributed by atoms with Crippen molar-refractivity contribution in [3.05, 3.63) is 0 Å². The Morgan fingerprint density at radius 3 is 2.18 bits per heavy atom. The molecular formula is C5H10O4S2. The van der Waals surface area contributed by atoms with Gasteiger partial charge in [-0.2, -0.15) is 0 Å². The maximum Gasteiger partial charge on any atom is 0.154 e. The topological polar surface area (TPSA) is 71.4 Å². The van der Waals surface area contributed by atoms with Crippen LogP contribution in [0.15, 0.2) is 0 Å². The summed E-state index contributed by atoms with van der Waals surface area (Å²) in [5.74, 6) is -0.380. The van der Waals surface area contributed by atoms with E-state index < -0.39 is 32.0 Å². The Hall–Kier alpha value is 0.0600. The third-order valence-electron chi connectivity index (χ3n) is 1.70. The highest BCUT2D eigenvalue weighted by atomic mass is 32.2. The molecule has 1 heterocycles. The van der Waals surface area contributed by atoms with E-state index in [1.165, 1.54) is 6.26 Å². The number of sulfone groups is 1. The van der Waals surface area contributed by atoms with Crippen molar-refractivity contribution in [2.24, 2.45) is 0 Å². The van der Waals surface area contributed by atoms with Crippen molar-refractivity contribution in [1.82, 2.24) is 0 Å². The van der Waals surface area contributed by atoms with Crippen LogP contribution in [0.4, 0.5) is 0 Å². The lowest BCUT2D eigenvalue weighted by Crippen LogP contribution is -2.27. The molecule has 3 atom stereocenters. The van der Waals surface area contributed by atoms with Crippen LogP contribution in [0.1, 0.15) is 0 Å². The molecule has 0 aliphatic carbocycles. The summed E-state index contributed by atoms with van der Waals surface area (Å²) in [5.41, 5.74) is 0. The average molecular weight is 198 g/mol. The number of hydrogen-bond acceptors (Lipinski definition) is 4. The van der Waals surface area contributed by atoms with Crippen molar-refractivity contribution >= 4 is 20.6 Å². The highest BCUT2D eigenvalue weighted by Crippen LogP contribution is 2.16. The van der Waals surface area contributed by atoms with Gasteiger partial charge in [0.2, 0.25) is 0 Å². The minimum Gasteiger partial charge on any atom is -0.391 e. The maximum absolute atomic E-state index is 10.9. The standard InChI is InChI=1S/C5H10O4S2/c1-10(7)5-3-11(8,9)2-4(5)6/h4-6H,2-3H2,1H3/t4-,5+,10+/m1/s1. The van der Waals surface area contributed by atoms with Crippen LogP contribution in [-0.2, 0) is 20.6 Å². The summed E-state index contributed by atoms with van der Waals surface area (Å²) >= 11 is 0. The van der Waals surface area contributed by atoms with E-state index in [1.807, 2.05) is 0 Å². The van der Waals surface area contributed by atoms with E-state index in [-0.39, 0.29) is 11.5 Å². The maximum atomic E-state index is 10.9. The predicted molar refractivity (Wildman–Crippen MR) is 42.5 cm³/mol. The monoisotopic (exact) mass is 198 g/mol. The Morgan fingerprint density at radius 1 is 1.45 bits per heavy atom. The van der Waals surface area contributed by atoms with Crippen LogP contribution in [0.3, 0.4) is 0 Å². The second-order valence-electron chi connectivity index (χ2n) is 2.68. The number of aliphatic hydroxyl groups excluding tert-OH is 1. The molecule has 1 aliphatic heterocycles. The molecule has 6 heteroatoms. The summed E-state index contributed by atoms with van der Waals surface area (Å²) < 4.78 is 32.6. The first-order chi connectivity index (χ1) is 4.92. The summed E-state index contributed by atoms with van der Waals surface area (Å²) in [6, 6.07) is 0. The molecule has 0 radical (unpaired) electrons. The van der Waals surface area contributed by atoms with Gasteiger partial charge in [0.25, 0.3) is 0 Å². The summed E-state index contributed by atoms with van der Waals surface area (Å²) in [7, 11) is -4.38. The van der Waals surface area contributed by atoms with Crippen molar-refractivity contribution in [2.45, 2.75) is 11.4 Å². The molecule has 66 valence electrons. The molecule has 1 rings (SSSR count). The van der Waals surface area contributed by atoms with Gasteiger partial charge >= 0.3 is 0 Å². The summed E-state index contributed by atoms with van der Waals surface area (Å²) in [6.07, 6.45) is 0.472. The van der Waals surface area contributed by atoms with Crippen molar-refractivity contribution in [2.75, 3.05) is 17.8 Å². The smallest absolute Gasteiger partial charge is 0.154 e. The number of hydrogen-bond donors (Lipinski definition) is 1. The molecular weight excluding hydrogens is 188 g/mol. The molecule has 0 aromatic heterocycles. The van der Waals surface area contributed by atoms with Gasteiger partial charge in [-0.15, -0.1) is 0 Å². The fraction of sp³-hybridized carbons (Fsp3) is 1.00. The van der Waals surface area contributed by atoms with E-state index in [4.69, 9.17) is 5.11 Å². The second-order valence-corrected chi connectivity index (χ2v) is 6.44. The zero-order valence-electron chi connectivity index (χ0n) is 6.06. The molecule has 0 saturated carbocycles. The van der Waals surface area contributed by atoms with E-state index in [2.05, 4.69) is 0 Å². The molecule has 0 amide bonds. The van der Waals surface area contributed by atoms with E-state index in [0.717, 1.165) is 0 Å². The molecule has 0 aromatic carbocycles. The lowest BCUT2D eigenvalue weighted by Gasteiger charge is -2.07. The predicted octanol–water partition coefficient (Wildman–Crippen LogP) is -1.48. The van der Waals surface area contributed by atoms with Gasteiger partial charge < -0.3 is 5.11 Å². The Kier molecular flexibility index (Phi) is 2.36. The lowest BCUT2D eigenvalue weighted by molar-refractivity contribution is 0.206. The Balaban J connectivity index is 2.83. The first-order valence-corrected chi connectivity index (χ1v) is 6.57. The molecule has 0 bridgehead atoms.